The summed E-state index contributed by atoms with van der Waals surface area (Å²) in [6.45, 7) is 2.06. The maximum absolute atomic E-state index is 11.6. The molecule has 1 aromatic rings. The SMILES string of the molecule is CSCCC(C)Nc1nccn(C)c1=O. The summed E-state index contributed by atoms with van der Waals surface area (Å²) < 4.78 is 1.52. The second-order valence-electron chi connectivity index (χ2n) is 3.52. The molecule has 1 atom stereocenters. The van der Waals surface area contributed by atoms with Crippen molar-refractivity contribution in [1.29, 1.82) is 0 Å². The van der Waals surface area contributed by atoms with E-state index in [1.807, 2.05) is 0 Å². The van der Waals surface area contributed by atoms with Gasteiger partial charge in [-0.15, -0.1) is 0 Å². The third-order valence-corrected chi connectivity index (χ3v) is 2.80. The third kappa shape index (κ3) is 3.58. The van der Waals surface area contributed by atoms with Gasteiger partial charge in [0.05, 0.1) is 0 Å². The van der Waals surface area contributed by atoms with E-state index in [-0.39, 0.29) is 11.6 Å². The fourth-order valence-electron chi connectivity index (χ4n) is 1.20. The van der Waals surface area contributed by atoms with E-state index >= 15 is 0 Å². The van der Waals surface area contributed by atoms with E-state index in [1.54, 1.807) is 31.2 Å². The molecule has 0 fully saturated rings. The van der Waals surface area contributed by atoms with Gasteiger partial charge < -0.3 is 9.88 Å². The summed E-state index contributed by atoms with van der Waals surface area (Å²) in [5.41, 5.74) is -0.0755. The molecule has 0 amide bonds. The first kappa shape index (κ1) is 12.1. The molecule has 0 bridgehead atoms. The Hall–Kier alpha value is -0.970. The minimum atomic E-state index is -0.0755. The molecule has 0 saturated carbocycles. The minimum Gasteiger partial charge on any atom is -0.363 e. The third-order valence-electron chi connectivity index (χ3n) is 2.15. The highest BCUT2D eigenvalue weighted by atomic mass is 32.2. The van der Waals surface area contributed by atoms with Crippen LogP contribution in [0.1, 0.15) is 13.3 Å². The van der Waals surface area contributed by atoms with Gasteiger partial charge in [0.2, 0.25) is 0 Å². The largest absolute Gasteiger partial charge is 0.363 e. The zero-order valence-electron chi connectivity index (χ0n) is 9.36. The van der Waals surface area contributed by atoms with Crippen molar-refractivity contribution in [2.24, 2.45) is 7.05 Å². The lowest BCUT2D eigenvalue weighted by Gasteiger charge is -2.13. The van der Waals surface area contributed by atoms with E-state index in [0.717, 1.165) is 12.2 Å². The van der Waals surface area contributed by atoms with E-state index in [4.69, 9.17) is 0 Å². The predicted octanol–water partition coefficient (Wildman–Crippen LogP) is 1.33. The normalized spacial score (nSPS) is 12.5. The highest BCUT2D eigenvalue weighted by molar-refractivity contribution is 7.98. The highest BCUT2D eigenvalue weighted by Crippen LogP contribution is 2.04. The molecule has 4 nitrogen and oxygen atoms in total. The number of anilines is 1. The molecule has 0 aliphatic carbocycles. The Morgan fingerprint density at radius 2 is 2.40 bits per heavy atom. The zero-order valence-corrected chi connectivity index (χ0v) is 10.2. The van der Waals surface area contributed by atoms with Crippen molar-refractivity contribution in [3.8, 4) is 0 Å². The average Bonchev–Trinajstić information content (AvgIpc) is 2.22. The van der Waals surface area contributed by atoms with Crippen LogP contribution < -0.4 is 10.9 Å². The fourth-order valence-corrected chi connectivity index (χ4v) is 1.79. The summed E-state index contributed by atoms with van der Waals surface area (Å²) >= 11 is 1.80. The number of nitrogens with one attached hydrogen (secondary N) is 1. The van der Waals surface area contributed by atoms with Gasteiger partial charge in [-0.2, -0.15) is 11.8 Å². The molecular weight excluding hydrogens is 210 g/mol. The van der Waals surface area contributed by atoms with Crippen LogP contribution in [0.2, 0.25) is 0 Å². The van der Waals surface area contributed by atoms with Gasteiger partial charge in [0.15, 0.2) is 5.82 Å². The smallest absolute Gasteiger partial charge is 0.293 e. The molecule has 0 aliphatic heterocycles. The molecule has 0 radical (unpaired) electrons. The number of thioether (sulfide) groups is 1. The van der Waals surface area contributed by atoms with Gasteiger partial charge in [0.1, 0.15) is 0 Å². The quantitative estimate of drug-likeness (QED) is 0.824. The predicted molar refractivity (Wildman–Crippen MR) is 65.6 cm³/mol. The topological polar surface area (TPSA) is 46.9 Å². The lowest BCUT2D eigenvalue weighted by atomic mass is 10.2. The van der Waals surface area contributed by atoms with E-state index in [9.17, 15) is 4.79 Å². The first-order valence-corrected chi connectivity index (χ1v) is 6.31. The Morgan fingerprint density at radius 3 is 3.07 bits per heavy atom. The first-order valence-electron chi connectivity index (χ1n) is 4.92. The van der Waals surface area contributed by atoms with Crippen molar-refractivity contribution >= 4 is 17.6 Å². The number of aryl methyl sites for hydroxylation is 1. The Balaban J connectivity index is 2.64. The van der Waals surface area contributed by atoms with Gasteiger partial charge in [-0.3, -0.25) is 4.79 Å². The monoisotopic (exact) mass is 227 g/mol. The van der Waals surface area contributed by atoms with Gasteiger partial charge in [-0.25, -0.2) is 4.98 Å². The molecular formula is C10H17N3OS. The van der Waals surface area contributed by atoms with Crippen LogP contribution in [0.3, 0.4) is 0 Å². The van der Waals surface area contributed by atoms with Crippen LogP contribution in [-0.2, 0) is 7.05 Å². The molecule has 1 aromatic heterocycles. The van der Waals surface area contributed by atoms with Crippen molar-refractivity contribution in [3.05, 3.63) is 22.7 Å². The minimum absolute atomic E-state index is 0.0755. The summed E-state index contributed by atoms with van der Waals surface area (Å²) in [5.74, 6) is 1.52. The number of hydrogen-bond donors (Lipinski definition) is 1. The molecule has 1 N–H and O–H groups in total. The van der Waals surface area contributed by atoms with Crippen LogP contribution in [0.15, 0.2) is 17.2 Å². The standard InChI is InChI=1S/C10H17N3OS/c1-8(4-7-15-3)12-9-10(14)13(2)6-5-11-9/h5-6,8H,4,7H2,1-3H3,(H,11,12). The molecule has 1 heterocycles. The Bertz CT molecular complexity index is 364. The van der Waals surface area contributed by atoms with E-state index in [2.05, 4.69) is 23.5 Å². The molecule has 5 heteroatoms. The summed E-state index contributed by atoms with van der Waals surface area (Å²) in [6, 6.07) is 0.278. The maximum atomic E-state index is 11.6. The molecule has 0 aliphatic rings. The van der Waals surface area contributed by atoms with Gasteiger partial charge in [0.25, 0.3) is 5.56 Å². The van der Waals surface area contributed by atoms with Crippen LogP contribution in [-0.4, -0.2) is 27.6 Å². The number of rotatable bonds is 5. The molecule has 15 heavy (non-hydrogen) atoms. The number of aromatic nitrogens is 2. The van der Waals surface area contributed by atoms with Crippen molar-refractivity contribution in [1.82, 2.24) is 9.55 Å². The summed E-state index contributed by atoms with van der Waals surface area (Å²) in [5, 5.41) is 3.13. The molecule has 0 saturated heterocycles. The summed E-state index contributed by atoms with van der Waals surface area (Å²) in [6.07, 6.45) is 6.39. The van der Waals surface area contributed by atoms with Gasteiger partial charge in [-0.1, -0.05) is 0 Å². The number of nitrogens with zero attached hydrogens (tertiary/aromatic N) is 2. The molecule has 0 spiro atoms. The van der Waals surface area contributed by atoms with E-state index in [0.29, 0.717) is 5.82 Å². The molecule has 84 valence electrons. The Morgan fingerprint density at radius 1 is 1.67 bits per heavy atom. The summed E-state index contributed by atoms with van der Waals surface area (Å²) in [4.78, 5) is 15.6. The van der Waals surface area contributed by atoms with E-state index < -0.39 is 0 Å². The van der Waals surface area contributed by atoms with Crippen molar-refractivity contribution in [2.75, 3.05) is 17.3 Å². The first-order chi connectivity index (χ1) is 7.15. The average molecular weight is 227 g/mol. The van der Waals surface area contributed by atoms with E-state index in [1.165, 1.54) is 4.57 Å². The van der Waals surface area contributed by atoms with Gasteiger partial charge >= 0.3 is 0 Å². The molecule has 1 unspecified atom stereocenters. The van der Waals surface area contributed by atoms with Crippen molar-refractivity contribution in [3.63, 3.8) is 0 Å². The maximum Gasteiger partial charge on any atom is 0.293 e. The van der Waals surface area contributed by atoms with Crippen LogP contribution in [0.4, 0.5) is 5.82 Å². The van der Waals surface area contributed by atoms with Gasteiger partial charge in [0, 0.05) is 25.5 Å². The lowest BCUT2D eigenvalue weighted by Crippen LogP contribution is -2.26. The number of hydrogen-bond acceptors (Lipinski definition) is 4. The van der Waals surface area contributed by atoms with Crippen LogP contribution in [0.25, 0.3) is 0 Å². The van der Waals surface area contributed by atoms with Crippen LogP contribution in [0, 0.1) is 0 Å². The zero-order chi connectivity index (χ0) is 11.3. The lowest BCUT2D eigenvalue weighted by molar-refractivity contribution is 0.753. The summed E-state index contributed by atoms with van der Waals surface area (Å²) in [7, 11) is 1.72. The Labute approximate surface area is 94.1 Å². The van der Waals surface area contributed by atoms with Crippen LogP contribution >= 0.6 is 11.8 Å². The Kier molecular flexibility index (Phi) is 4.68. The van der Waals surface area contributed by atoms with Crippen molar-refractivity contribution < 1.29 is 0 Å². The molecule has 0 aromatic carbocycles. The highest BCUT2D eigenvalue weighted by Gasteiger charge is 2.06. The van der Waals surface area contributed by atoms with Gasteiger partial charge in [-0.05, 0) is 25.4 Å². The van der Waals surface area contributed by atoms with Crippen molar-refractivity contribution in [2.45, 2.75) is 19.4 Å². The second kappa shape index (κ2) is 5.80. The second-order valence-corrected chi connectivity index (χ2v) is 4.50. The fraction of sp³-hybridized carbons (Fsp3) is 0.600. The molecule has 1 rings (SSSR count). The van der Waals surface area contributed by atoms with Crippen LogP contribution in [0.5, 0.6) is 0 Å².